The van der Waals surface area contributed by atoms with E-state index in [0.29, 0.717) is 18.1 Å². The van der Waals surface area contributed by atoms with E-state index < -0.39 is 0 Å². The molecule has 3 aromatic carbocycles. The summed E-state index contributed by atoms with van der Waals surface area (Å²) in [6.07, 6.45) is 0. The van der Waals surface area contributed by atoms with Crippen LogP contribution >= 0.6 is 11.8 Å². The van der Waals surface area contributed by atoms with E-state index in [0.717, 1.165) is 39.1 Å². The molecule has 1 aliphatic heterocycles. The number of hydrogen-bond donors (Lipinski definition) is 2. The quantitative estimate of drug-likeness (QED) is 0.403. The molecule has 4 aromatic rings. The molecule has 0 aliphatic carbocycles. The standard InChI is InChI=1S/C26H24N4O3S/c31-24(27-13-18-6-2-1-3-7-18)14-30-26(22-16-34-17-23(22)29-30)28-25(32)15-33-21-11-10-19-8-4-5-9-20(19)12-21/h1-12H,13-17H2,(H,27,31)(H,28,32). The lowest BCUT2D eigenvalue weighted by Gasteiger charge is -2.12. The van der Waals surface area contributed by atoms with E-state index in [2.05, 4.69) is 15.7 Å². The molecule has 1 aromatic heterocycles. The van der Waals surface area contributed by atoms with E-state index in [4.69, 9.17) is 4.74 Å². The lowest BCUT2D eigenvalue weighted by Crippen LogP contribution is -2.29. The maximum Gasteiger partial charge on any atom is 0.263 e. The first kappa shape index (κ1) is 22.0. The Morgan fingerprint density at radius 3 is 2.59 bits per heavy atom. The van der Waals surface area contributed by atoms with Crippen LogP contribution in [0.1, 0.15) is 16.8 Å². The summed E-state index contributed by atoms with van der Waals surface area (Å²) in [7, 11) is 0. The first-order valence-corrected chi connectivity index (χ1v) is 12.2. The van der Waals surface area contributed by atoms with Gasteiger partial charge in [-0.2, -0.15) is 16.9 Å². The average molecular weight is 473 g/mol. The van der Waals surface area contributed by atoms with Crippen molar-refractivity contribution in [2.45, 2.75) is 24.6 Å². The molecule has 2 amide bonds. The minimum absolute atomic E-state index is 0.0334. The fraction of sp³-hybridized carbons (Fsp3) is 0.192. The number of hydrogen-bond acceptors (Lipinski definition) is 5. The number of rotatable bonds is 8. The van der Waals surface area contributed by atoms with Crippen LogP contribution < -0.4 is 15.4 Å². The molecule has 0 fully saturated rings. The van der Waals surface area contributed by atoms with Gasteiger partial charge in [0.05, 0.1) is 5.69 Å². The zero-order valence-electron chi connectivity index (χ0n) is 18.5. The number of thioether (sulfide) groups is 1. The van der Waals surface area contributed by atoms with Crippen LogP contribution in [0.25, 0.3) is 10.8 Å². The molecule has 7 nitrogen and oxygen atoms in total. The first-order valence-electron chi connectivity index (χ1n) is 11.0. The van der Waals surface area contributed by atoms with Crippen molar-refractivity contribution in [1.29, 1.82) is 0 Å². The number of aromatic nitrogens is 2. The second kappa shape index (κ2) is 10.0. The van der Waals surface area contributed by atoms with Gasteiger partial charge in [0.15, 0.2) is 6.61 Å². The van der Waals surface area contributed by atoms with Crippen LogP contribution in [-0.2, 0) is 34.2 Å². The highest BCUT2D eigenvalue weighted by Gasteiger charge is 2.25. The zero-order chi connectivity index (χ0) is 23.3. The van der Waals surface area contributed by atoms with Crippen molar-refractivity contribution in [2.75, 3.05) is 11.9 Å². The topological polar surface area (TPSA) is 85.2 Å². The van der Waals surface area contributed by atoms with Gasteiger partial charge in [-0.3, -0.25) is 9.59 Å². The van der Waals surface area contributed by atoms with Crippen molar-refractivity contribution in [3.8, 4) is 5.75 Å². The summed E-state index contributed by atoms with van der Waals surface area (Å²) in [6, 6.07) is 23.4. The molecule has 0 radical (unpaired) electrons. The number of nitrogens with zero attached hydrogens (tertiary/aromatic N) is 2. The van der Waals surface area contributed by atoms with Gasteiger partial charge >= 0.3 is 0 Å². The predicted molar refractivity (Wildman–Crippen MR) is 134 cm³/mol. The number of amides is 2. The van der Waals surface area contributed by atoms with Gasteiger partial charge in [0.25, 0.3) is 5.91 Å². The van der Waals surface area contributed by atoms with E-state index in [1.165, 1.54) is 0 Å². The van der Waals surface area contributed by atoms with Crippen LogP contribution in [0, 0.1) is 0 Å². The van der Waals surface area contributed by atoms with Gasteiger partial charge in [-0.25, -0.2) is 4.68 Å². The van der Waals surface area contributed by atoms with Crippen LogP contribution in [0.3, 0.4) is 0 Å². The Labute approximate surface area is 201 Å². The fourth-order valence-corrected chi connectivity index (χ4v) is 4.92. The second-order valence-electron chi connectivity index (χ2n) is 8.03. The van der Waals surface area contributed by atoms with E-state index in [1.54, 1.807) is 16.4 Å². The number of fused-ring (bicyclic) bond motifs is 2. The Bertz CT molecular complexity index is 1340. The number of carbonyl (C=O) groups excluding carboxylic acids is 2. The molecule has 0 unspecified atom stereocenters. The highest BCUT2D eigenvalue weighted by Crippen LogP contribution is 2.34. The number of benzene rings is 3. The molecule has 0 atom stereocenters. The Balaban J connectivity index is 1.22. The first-order chi connectivity index (χ1) is 16.7. The molecule has 5 rings (SSSR count). The van der Waals surface area contributed by atoms with Crippen LogP contribution in [0.2, 0.25) is 0 Å². The molecule has 0 bridgehead atoms. The minimum atomic E-state index is -0.293. The molecule has 34 heavy (non-hydrogen) atoms. The maximum absolute atomic E-state index is 12.7. The van der Waals surface area contributed by atoms with Gasteiger partial charge < -0.3 is 15.4 Å². The molecule has 0 spiro atoms. The van der Waals surface area contributed by atoms with Crippen molar-refractivity contribution in [2.24, 2.45) is 0 Å². The summed E-state index contributed by atoms with van der Waals surface area (Å²) >= 11 is 1.74. The number of ether oxygens (including phenoxy) is 1. The van der Waals surface area contributed by atoms with Gasteiger partial charge in [0, 0.05) is 23.6 Å². The third kappa shape index (κ3) is 5.07. The summed E-state index contributed by atoms with van der Waals surface area (Å²) in [4.78, 5) is 25.3. The molecule has 8 heteroatoms. The molecule has 0 saturated heterocycles. The maximum atomic E-state index is 12.7. The predicted octanol–water partition coefficient (Wildman–Crippen LogP) is 4.12. The van der Waals surface area contributed by atoms with Crippen molar-refractivity contribution >= 4 is 40.2 Å². The zero-order valence-corrected chi connectivity index (χ0v) is 19.3. The molecule has 172 valence electrons. The van der Waals surface area contributed by atoms with Crippen molar-refractivity contribution in [3.63, 3.8) is 0 Å². The van der Waals surface area contributed by atoms with Gasteiger partial charge in [0.1, 0.15) is 18.1 Å². The summed E-state index contributed by atoms with van der Waals surface area (Å²) in [6.45, 7) is 0.342. The third-order valence-corrected chi connectivity index (χ3v) is 6.56. The van der Waals surface area contributed by atoms with Crippen molar-refractivity contribution < 1.29 is 14.3 Å². The SMILES string of the molecule is O=C(Cn1nc2c(c1NC(=O)COc1ccc3ccccc3c1)CSC2)NCc1ccccc1. The number of nitrogens with one attached hydrogen (secondary N) is 2. The van der Waals surface area contributed by atoms with E-state index in [1.807, 2.05) is 72.8 Å². The normalized spacial score (nSPS) is 12.4. The second-order valence-corrected chi connectivity index (χ2v) is 9.02. The lowest BCUT2D eigenvalue weighted by atomic mass is 10.1. The molecule has 0 saturated carbocycles. The Hall–Kier alpha value is -3.78. The molecular formula is C26H24N4O3S. The monoisotopic (exact) mass is 472 g/mol. The lowest BCUT2D eigenvalue weighted by molar-refractivity contribution is -0.122. The number of anilines is 1. The van der Waals surface area contributed by atoms with Crippen molar-refractivity contribution in [3.05, 3.63) is 89.6 Å². The van der Waals surface area contributed by atoms with E-state index >= 15 is 0 Å². The number of carbonyl (C=O) groups is 2. The van der Waals surface area contributed by atoms with Gasteiger partial charge in [0.2, 0.25) is 5.91 Å². The highest BCUT2D eigenvalue weighted by atomic mass is 32.2. The van der Waals surface area contributed by atoms with E-state index in [9.17, 15) is 9.59 Å². The largest absolute Gasteiger partial charge is 0.484 e. The summed E-state index contributed by atoms with van der Waals surface area (Å²) in [5.74, 6) is 2.26. The van der Waals surface area contributed by atoms with Gasteiger partial charge in [-0.15, -0.1) is 0 Å². The molecule has 2 heterocycles. The Kier molecular flexibility index (Phi) is 6.49. The Morgan fingerprint density at radius 1 is 0.941 bits per heavy atom. The molecule has 2 N–H and O–H groups in total. The van der Waals surface area contributed by atoms with Crippen LogP contribution in [0.5, 0.6) is 5.75 Å². The van der Waals surface area contributed by atoms with Gasteiger partial charge in [-0.1, -0.05) is 60.7 Å². The van der Waals surface area contributed by atoms with Gasteiger partial charge in [-0.05, 0) is 28.5 Å². The van der Waals surface area contributed by atoms with Crippen LogP contribution in [-0.4, -0.2) is 28.2 Å². The summed E-state index contributed by atoms with van der Waals surface area (Å²) in [5.41, 5.74) is 2.90. The molecule has 1 aliphatic rings. The Morgan fingerprint density at radius 2 is 1.74 bits per heavy atom. The van der Waals surface area contributed by atoms with E-state index in [-0.39, 0.29) is 25.0 Å². The minimum Gasteiger partial charge on any atom is -0.484 e. The van der Waals surface area contributed by atoms with Crippen LogP contribution in [0.4, 0.5) is 5.82 Å². The summed E-state index contributed by atoms with van der Waals surface area (Å²) in [5, 5.41) is 12.6. The van der Waals surface area contributed by atoms with Crippen LogP contribution in [0.15, 0.2) is 72.8 Å². The summed E-state index contributed by atoms with van der Waals surface area (Å²) < 4.78 is 7.31. The third-order valence-electron chi connectivity index (χ3n) is 5.59. The molecular weight excluding hydrogens is 448 g/mol. The van der Waals surface area contributed by atoms with Crippen molar-refractivity contribution in [1.82, 2.24) is 15.1 Å². The highest BCUT2D eigenvalue weighted by molar-refractivity contribution is 7.98. The smallest absolute Gasteiger partial charge is 0.263 e. The average Bonchev–Trinajstić information content (AvgIpc) is 3.44. The fourth-order valence-electron chi connectivity index (χ4n) is 3.88.